The number of nitrogens with two attached hydrogens (primary N) is 1. The Morgan fingerprint density at radius 1 is 1.45 bits per heavy atom. The lowest BCUT2D eigenvalue weighted by molar-refractivity contribution is -0.116. The van der Waals surface area contributed by atoms with E-state index in [2.05, 4.69) is 10.4 Å². The van der Waals surface area contributed by atoms with E-state index in [0.29, 0.717) is 22.8 Å². The molecular weight excluding hydrogens is 276 g/mol. The van der Waals surface area contributed by atoms with Crippen molar-refractivity contribution in [2.45, 2.75) is 26.3 Å². The lowest BCUT2D eigenvalue weighted by atomic mass is 10.2. The van der Waals surface area contributed by atoms with Crippen LogP contribution in [0.1, 0.15) is 18.5 Å². The van der Waals surface area contributed by atoms with Crippen molar-refractivity contribution in [3.63, 3.8) is 0 Å². The SMILES string of the molecule is Cc1ccnn1CCCC(=O)Nc1ccc(Cl)cc1N. The molecule has 6 heteroatoms. The van der Waals surface area contributed by atoms with Crippen LogP contribution in [0.2, 0.25) is 5.02 Å². The van der Waals surface area contributed by atoms with Crippen molar-refractivity contribution in [1.82, 2.24) is 9.78 Å². The highest BCUT2D eigenvalue weighted by Crippen LogP contribution is 2.22. The van der Waals surface area contributed by atoms with Gasteiger partial charge in [-0.1, -0.05) is 11.6 Å². The van der Waals surface area contributed by atoms with E-state index >= 15 is 0 Å². The number of hydrogen-bond donors (Lipinski definition) is 2. The van der Waals surface area contributed by atoms with E-state index in [1.807, 2.05) is 17.7 Å². The second kappa shape index (κ2) is 6.43. The molecule has 0 bridgehead atoms. The molecule has 0 radical (unpaired) electrons. The molecule has 0 aliphatic carbocycles. The Labute approximate surface area is 122 Å². The summed E-state index contributed by atoms with van der Waals surface area (Å²) >= 11 is 5.81. The number of nitrogens with zero attached hydrogens (tertiary/aromatic N) is 2. The highest BCUT2D eigenvalue weighted by atomic mass is 35.5. The summed E-state index contributed by atoms with van der Waals surface area (Å²) in [5.41, 5.74) is 7.93. The van der Waals surface area contributed by atoms with Gasteiger partial charge >= 0.3 is 0 Å². The molecule has 0 atom stereocenters. The lowest BCUT2D eigenvalue weighted by Crippen LogP contribution is -2.14. The number of anilines is 2. The van der Waals surface area contributed by atoms with Gasteiger partial charge in [0.1, 0.15) is 0 Å². The predicted octanol–water partition coefficient (Wildman–Crippen LogP) is 2.85. The molecule has 106 valence electrons. The van der Waals surface area contributed by atoms with E-state index in [4.69, 9.17) is 17.3 Å². The molecular formula is C14H17ClN4O. The van der Waals surface area contributed by atoms with Crippen LogP contribution in [0, 0.1) is 6.92 Å². The van der Waals surface area contributed by atoms with Gasteiger partial charge in [0.15, 0.2) is 0 Å². The molecule has 0 aliphatic heterocycles. The second-order valence-corrected chi connectivity index (χ2v) is 5.02. The first-order valence-corrected chi connectivity index (χ1v) is 6.77. The zero-order chi connectivity index (χ0) is 14.5. The van der Waals surface area contributed by atoms with Crippen molar-refractivity contribution in [3.8, 4) is 0 Å². The van der Waals surface area contributed by atoms with Gasteiger partial charge < -0.3 is 11.1 Å². The van der Waals surface area contributed by atoms with Crippen molar-refractivity contribution in [2.75, 3.05) is 11.1 Å². The number of rotatable bonds is 5. The quantitative estimate of drug-likeness (QED) is 0.832. The van der Waals surface area contributed by atoms with Crippen LogP contribution in [-0.4, -0.2) is 15.7 Å². The molecule has 0 spiro atoms. The van der Waals surface area contributed by atoms with Crippen LogP contribution in [0.15, 0.2) is 30.5 Å². The maximum Gasteiger partial charge on any atom is 0.224 e. The normalized spacial score (nSPS) is 10.5. The molecule has 1 amide bonds. The highest BCUT2D eigenvalue weighted by molar-refractivity contribution is 6.31. The Kier molecular flexibility index (Phi) is 4.63. The predicted molar refractivity (Wildman–Crippen MR) is 80.7 cm³/mol. The fourth-order valence-corrected chi connectivity index (χ4v) is 2.06. The Morgan fingerprint density at radius 3 is 2.90 bits per heavy atom. The molecule has 1 aromatic carbocycles. The molecule has 3 N–H and O–H groups in total. The summed E-state index contributed by atoms with van der Waals surface area (Å²) in [6, 6.07) is 6.95. The average molecular weight is 293 g/mol. The molecule has 0 unspecified atom stereocenters. The first kappa shape index (κ1) is 14.4. The lowest BCUT2D eigenvalue weighted by Gasteiger charge is -2.09. The Bertz CT molecular complexity index is 609. The minimum absolute atomic E-state index is 0.0659. The van der Waals surface area contributed by atoms with E-state index in [1.165, 1.54) is 0 Å². The highest BCUT2D eigenvalue weighted by Gasteiger charge is 2.06. The maximum atomic E-state index is 11.8. The standard InChI is InChI=1S/C14H17ClN4O/c1-10-6-7-17-19(10)8-2-3-14(20)18-13-5-4-11(15)9-12(13)16/h4-7,9H,2-3,8,16H2,1H3,(H,18,20). The van der Waals surface area contributed by atoms with Crippen LogP contribution < -0.4 is 11.1 Å². The van der Waals surface area contributed by atoms with Gasteiger partial charge in [0.2, 0.25) is 5.91 Å². The second-order valence-electron chi connectivity index (χ2n) is 4.58. The van der Waals surface area contributed by atoms with E-state index in [1.54, 1.807) is 24.4 Å². The molecule has 2 rings (SSSR count). The van der Waals surface area contributed by atoms with Gasteiger partial charge in [-0.2, -0.15) is 5.10 Å². The summed E-state index contributed by atoms with van der Waals surface area (Å²) in [5.74, 6) is -0.0659. The van der Waals surface area contributed by atoms with Gasteiger partial charge in [0.25, 0.3) is 0 Å². The number of aryl methyl sites for hydroxylation is 2. The molecule has 1 heterocycles. The Hall–Kier alpha value is -2.01. The minimum Gasteiger partial charge on any atom is -0.397 e. The molecule has 0 saturated carbocycles. The van der Waals surface area contributed by atoms with Gasteiger partial charge in [0, 0.05) is 29.9 Å². The Morgan fingerprint density at radius 2 is 2.25 bits per heavy atom. The summed E-state index contributed by atoms with van der Waals surface area (Å²) < 4.78 is 1.88. The van der Waals surface area contributed by atoms with Crippen LogP contribution in [0.25, 0.3) is 0 Å². The van der Waals surface area contributed by atoms with Crippen LogP contribution in [-0.2, 0) is 11.3 Å². The summed E-state index contributed by atoms with van der Waals surface area (Å²) in [7, 11) is 0. The first-order chi connectivity index (χ1) is 9.56. The van der Waals surface area contributed by atoms with Crippen LogP contribution in [0.3, 0.4) is 0 Å². The number of benzene rings is 1. The smallest absolute Gasteiger partial charge is 0.224 e. The van der Waals surface area contributed by atoms with Gasteiger partial charge in [-0.3, -0.25) is 9.48 Å². The maximum absolute atomic E-state index is 11.8. The Balaban J connectivity index is 1.82. The molecule has 0 fully saturated rings. The fourth-order valence-electron chi connectivity index (χ4n) is 1.88. The zero-order valence-corrected chi connectivity index (χ0v) is 12.0. The molecule has 1 aromatic heterocycles. The third-order valence-corrected chi connectivity index (χ3v) is 3.23. The number of halogens is 1. The largest absolute Gasteiger partial charge is 0.397 e. The summed E-state index contributed by atoms with van der Waals surface area (Å²) in [4.78, 5) is 11.8. The van der Waals surface area contributed by atoms with Crippen molar-refractivity contribution >= 4 is 28.9 Å². The number of nitrogen functional groups attached to an aromatic ring is 1. The molecule has 2 aromatic rings. The van der Waals surface area contributed by atoms with E-state index in [0.717, 1.165) is 18.7 Å². The molecule has 5 nitrogen and oxygen atoms in total. The van der Waals surface area contributed by atoms with Crippen LogP contribution >= 0.6 is 11.6 Å². The van der Waals surface area contributed by atoms with Gasteiger partial charge in [-0.05, 0) is 37.6 Å². The van der Waals surface area contributed by atoms with Crippen molar-refractivity contribution in [2.24, 2.45) is 0 Å². The van der Waals surface area contributed by atoms with Gasteiger partial charge in [-0.15, -0.1) is 0 Å². The number of aromatic nitrogens is 2. The summed E-state index contributed by atoms with van der Waals surface area (Å²) in [6.45, 7) is 2.71. The molecule has 20 heavy (non-hydrogen) atoms. The topological polar surface area (TPSA) is 72.9 Å². The number of carbonyl (C=O) groups excluding carboxylic acids is 1. The number of carbonyl (C=O) groups is 1. The average Bonchev–Trinajstić information content (AvgIpc) is 2.79. The first-order valence-electron chi connectivity index (χ1n) is 6.39. The van der Waals surface area contributed by atoms with E-state index in [-0.39, 0.29) is 5.91 Å². The summed E-state index contributed by atoms with van der Waals surface area (Å²) in [5, 5.41) is 7.50. The number of amides is 1. The van der Waals surface area contributed by atoms with E-state index < -0.39 is 0 Å². The third-order valence-electron chi connectivity index (χ3n) is 2.99. The number of hydrogen-bond acceptors (Lipinski definition) is 3. The summed E-state index contributed by atoms with van der Waals surface area (Å²) in [6.07, 6.45) is 2.90. The fraction of sp³-hybridized carbons (Fsp3) is 0.286. The van der Waals surface area contributed by atoms with Crippen molar-refractivity contribution in [3.05, 3.63) is 41.2 Å². The zero-order valence-electron chi connectivity index (χ0n) is 11.3. The molecule has 0 aliphatic rings. The van der Waals surface area contributed by atoms with Gasteiger partial charge in [0.05, 0.1) is 11.4 Å². The van der Waals surface area contributed by atoms with Gasteiger partial charge in [-0.25, -0.2) is 0 Å². The van der Waals surface area contributed by atoms with Crippen molar-refractivity contribution in [1.29, 1.82) is 0 Å². The monoisotopic (exact) mass is 292 g/mol. The third kappa shape index (κ3) is 3.74. The van der Waals surface area contributed by atoms with E-state index in [9.17, 15) is 4.79 Å². The number of nitrogens with one attached hydrogen (secondary N) is 1. The van der Waals surface area contributed by atoms with Crippen molar-refractivity contribution < 1.29 is 4.79 Å². The molecule has 0 saturated heterocycles. The minimum atomic E-state index is -0.0659. The van der Waals surface area contributed by atoms with Crippen LogP contribution in [0.4, 0.5) is 11.4 Å². The van der Waals surface area contributed by atoms with Crippen LogP contribution in [0.5, 0.6) is 0 Å².